The van der Waals surface area contributed by atoms with E-state index in [1.807, 2.05) is 13.8 Å². The lowest BCUT2D eigenvalue weighted by atomic mass is 10.1. The Morgan fingerprint density at radius 3 is 2.59 bits per heavy atom. The van der Waals surface area contributed by atoms with E-state index in [4.69, 9.17) is 5.11 Å². The van der Waals surface area contributed by atoms with Crippen LogP contribution in [0.3, 0.4) is 0 Å². The number of carbonyl (C=O) groups is 3. The molecule has 0 aliphatic heterocycles. The second kappa shape index (κ2) is 9.14. The average Bonchev–Trinajstić information content (AvgIpc) is 2.92. The number of nitrogens with zero attached hydrogens (tertiary/aromatic N) is 1. The van der Waals surface area contributed by atoms with Crippen LogP contribution < -0.4 is 10.6 Å². The Morgan fingerprint density at radius 2 is 2.00 bits per heavy atom. The Hall–Kier alpha value is -1.96. The summed E-state index contributed by atoms with van der Waals surface area (Å²) in [7, 11) is 0. The van der Waals surface area contributed by atoms with Crippen LogP contribution in [-0.2, 0) is 16.0 Å². The molecule has 1 rings (SSSR count). The van der Waals surface area contributed by atoms with Gasteiger partial charge in [0.2, 0.25) is 11.8 Å². The third kappa shape index (κ3) is 7.16. The molecule has 1 aromatic heterocycles. The van der Waals surface area contributed by atoms with Crippen molar-refractivity contribution < 1.29 is 19.5 Å². The van der Waals surface area contributed by atoms with E-state index in [0.29, 0.717) is 30.3 Å². The maximum atomic E-state index is 11.6. The maximum absolute atomic E-state index is 11.6. The number of hydrogen-bond donors (Lipinski definition) is 3. The van der Waals surface area contributed by atoms with Crippen LogP contribution >= 0.6 is 11.3 Å². The number of carboxylic acid groups (broad SMARTS) is 1. The zero-order chi connectivity index (χ0) is 16.5. The van der Waals surface area contributed by atoms with Gasteiger partial charge in [0.05, 0.1) is 11.6 Å². The summed E-state index contributed by atoms with van der Waals surface area (Å²) in [5, 5.41) is 16.1. The standard InChI is InChI=1S/C14H21N3O4S/c1-9(2)3-4-11(18)16-7-12(19)15-6-5-13-17-10(8-22-13)14(20)21/h8-9H,3-7H2,1-2H3,(H,15,19)(H,16,18)(H,20,21). The highest BCUT2D eigenvalue weighted by molar-refractivity contribution is 7.09. The molecule has 1 aromatic rings. The zero-order valence-corrected chi connectivity index (χ0v) is 13.5. The van der Waals surface area contributed by atoms with Gasteiger partial charge in [-0.15, -0.1) is 11.3 Å². The number of rotatable bonds is 9. The molecule has 0 saturated carbocycles. The van der Waals surface area contributed by atoms with E-state index in [1.165, 1.54) is 16.7 Å². The zero-order valence-electron chi connectivity index (χ0n) is 12.7. The fourth-order valence-corrected chi connectivity index (χ4v) is 2.35. The van der Waals surface area contributed by atoms with Crippen molar-refractivity contribution in [2.24, 2.45) is 5.92 Å². The van der Waals surface area contributed by atoms with E-state index in [-0.39, 0.29) is 24.1 Å². The van der Waals surface area contributed by atoms with Gasteiger partial charge in [-0.05, 0) is 12.3 Å². The van der Waals surface area contributed by atoms with Crippen molar-refractivity contribution in [3.63, 3.8) is 0 Å². The summed E-state index contributed by atoms with van der Waals surface area (Å²) < 4.78 is 0. The van der Waals surface area contributed by atoms with Gasteiger partial charge in [0.15, 0.2) is 5.69 Å². The number of hydrogen-bond acceptors (Lipinski definition) is 5. The van der Waals surface area contributed by atoms with E-state index < -0.39 is 5.97 Å². The van der Waals surface area contributed by atoms with Crippen LogP contribution in [0.2, 0.25) is 0 Å². The molecule has 8 heteroatoms. The molecule has 0 atom stereocenters. The summed E-state index contributed by atoms with van der Waals surface area (Å²) in [4.78, 5) is 37.6. The number of aromatic carboxylic acids is 1. The molecule has 0 bridgehead atoms. The van der Waals surface area contributed by atoms with Crippen molar-refractivity contribution in [1.29, 1.82) is 0 Å². The Kier molecular flexibility index (Phi) is 7.51. The first-order valence-corrected chi connectivity index (χ1v) is 7.97. The molecule has 0 aromatic carbocycles. The molecule has 1 heterocycles. The number of nitrogens with one attached hydrogen (secondary N) is 2. The van der Waals surface area contributed by atoms with Gasteiger partial charge in [0, 0.05) is 24.8 Å². The van der Waals surface area contributed by atoms with Gasteiger partial charge in [0.25, 0.3) is 0 Å². The molecular weight excluding hydrogens is 306 g/mol. The average molecular weight is 327 g/mol. The number of amides is 2. The van der Waals surface area contributed by atoms with E-state index in [0.717, 1.165) is 6.42 Å². The third-order valence-electron chi connectivity index (χ3n) is 2.83. The van der Waals surface area contributed by atoms with E-state index in [1.54, 1.807) is 0 Å². The molecule has 0 unspecified atom stereocenters. The second-order valence-corrected chi connectivity index (χ2v) is 6.18. The summed E-state index contributed by atoms with van der Waals surface area (Å²) >= 11 is 1.24. The van der Waals surface area contributed by atoms with Crippen molar-refractivity contribution in [1.82, 2.24) is 15.6 Å². The molecule has 0 spiro atoms. The van der Waals surface area contributed by atoms with Crippen LogP contribution in [0, 0.1) is 5.92 Å². The quantitative estimate of drug-likeness (QED) is 0.628. The molecule has 2 amide bonds. The van der Waals surface area contributed by atoms with Gasteiger partial charge >= 0.3 is 5.97 Å². The molecule has 22 heavy (non-hydrogen) atoms. The number of thiazole rings is 1. The minimum Gasteiger partial charge on any atom is -0.476 e. The fourth-order valence-electron chi connectivity index (χ4n) is 1.58. The monoisotopic (exact) mass is 327 g/mol. The Balaban J connectivity index is 2.17. The van der Waals surface area contributed by atoms with E-state index >= 15 is 0 Å². The summed E-state index contributed by atoms with van der Waals surface area (Å²) in [5.74, 6) is -1.01. The minimum absolute atomic E-state index is 0.0174. The van der Waals surface area contributed by atoms with Gasteiger partial charge in [-0.25, -0.2) is 9.78 Å². The van der Waals surface area contributed by atoms with Crippen LogP contribution in [0.25, 0.3) is 0 Å². The first-order valence-electron chi connectivity index (χ1n) is 7.09. The normalized spacial score (nSPS) is 10.5. The molecule has 3 N–H and O–H groups in total. The Morgan fingerprint density at radius 1 is 1.27 bits per heavy atom. The van der Waals surface area contributed by atoms with Crippen molar-refractivity contribution in [3.05, 3.63) is 16.1 Å². The van der Waals surface area contributed by atoms with Crippen LogP contribution in [-0.4, -0.2) is 41.0 Å². The number of carboxylic acids is 1. The molecule has 0 aliphatic carbocycles. The summed E-state index contributed by atoms with van der Waals surface area (Å²) in [5.41, 5.74) is 0.0174. The maximum Gasteiger partial charge on any atom is 0.355 e. The summed E-state index contributed by atoms with van der Waals surface area (Å²) in [6, 6.07) is 0. The van der Waals surface area contributed by atoms with Gasteiger partial charge in [-0.3, -0.25) is 9.59 Å². The van der Waals surface area contributed by atoms with Crippen LogP contribution in [0.1, 0.15) is 42.2 Å². The third-order valence-corrected chi connectivity index (χ3v) is 3.74. The van der Waals surface area contributed by atoms with Gasteiger partial charge < -0.3 is 15.7 Å². The lowest BCUT2D eigenvalue weighted by Crippen LogP contribution is -2.37. The van der Waals surface area contributed by atoms with Crippen LogP contribution in [0.4, 0.5) is 0 Å². The molecule has 0 fully saturated rings. The smallest absolute Gasteiger partial charge is 0.355 e. The first kappa shape index (κ1) is 18.1. The molecule has 0 aliphatic rings. The molecular formula is C14H21N3O4S. The lowest BCUT2D eigenvalue weighted by Gasteiger charge is -2.07. The van der Waals surface area contributed by atoms with E-state index in [9.17, 15) is 14.4 Å². The number of aromatic nitrogens is 1. The topological polar surface area (TPSA) is 108 Å². The largest absolute Gasteiger partial charge is 0.476 e. The minimum atomic E-state index is -1.06. The molecule has 0 saturated heterocycles. The summed E-state index contributed by atoms with van der Waals surface area (Å²) in [6.07, 6.45) is 1.68. The van der Waals surface area contributed by atoms with Crippen molar-refractivity contribution in [2.45, 2.75) is 33.1 Å². The number of carbonyl (C=O) groups excluding carboxylic acids is 2. The van der Waals surface area contributed by atoms with Crippen molar-refractivity contribution >= 4 is 29.1 Å². The fraction of sp³-hybridized carbons (Fsp3) is 0.571. The lowest BCUT2D eigenvalue weighted by molar-refractivity contribution is -0.126. The Bertz CT molecular complexity index is 528. The van der Waals surface area contributed by atoms with Crippen molar-refractivity contribution in [2.75, 3.05) is 13.1 Å². The highest BCUT2D eigenvalue weighted by atomic mass is 32.1. The SMILES string of the molecule is CC(C)CCC(=O)NCC(=O)NCCc1nc(C(=O)O)cs1. The second-order valence-electron chi connectivity index (χ2n) is 5.24. The Labute approximate surface area is 133 Å². The van der Waals surface area contributed by atoms with Gasteiger partial charge in [-0.2, -0.15) is 0 Å². The highest BCUT2D eigenvalue weighted by Crippen LogP contribution is 2.09. The first-order chi connectivity index (χ1) is 10.4. The predicted octanol–water partition coefficient (Wildman–Crippen LogP) is 1.05. The molecule has 7 nitrogen and oxygen atoms in total. The molecule has 122 valence electrons. The summed E-state index contributed by atoms with van der Waals surface area (Å²) in [6.45, 7) is 4.38. The molecule has 0 radical (unpaired) electrons. The predicted molar refractivity (Wildman–Crippen MR) is 82.9 cm³/mol. The highest BCUT2D eigenvalue weighted by Gasteiger charge is 2.09. The van der Waals surface area contributed by atoms with Crippen LogP contribution in [0.5, 0.6) is 0 Å². The van der Waals surface area contributed by atoms with Gasteiger partial charge in [-0.1, -0.05) is 13.8 Å². The van der Waals surface area contributed by atoms with Crippen molar-refractivity contribution in [3.8, 4) is 0 Å². The van der Waals surface area contributed by atoms with E-state index in [2.05, 4.69) is 15.6 Å². The van der Waals surface area contributed by atoms with Gasteiger partial charge in [0.1, 0.15) is 0 Å². The van der Waals surface area contributed by atoms with Crippen LogP contribution in [0.15, 0.2) is 5.38 Å².